The lowest BCUT2D eigenvalue weighted by Gasteiger charge is -2.30. The van der Waals surface area contributed by atoms with Gasteiger partial charge in [-0.25, -0.2) is 14.6 Å². The summed E-state index contributed by atoms with van der Waals surface area (Å²) in [7, 11) is 0. The van der Waals surface area contributed by atoms with Crippen LogP contribution in [0.1, 0.15) is 18.1 Å². The number of hydrogen-bond donors (Lipinski definition) is 2. The molecule has 1 aliphatic rings. The molecule has 0 atom stereocenters. The lowest BCUT2D eigenvalue weighted by molar-refractivity contribution is -0.128. The molecule has 0 radical (unpaired) electrons. The lowest BCUT2D eigenvalue weighted by atomic mass is 10.1. The molecule has 0 spiro atoms. The molecule has 35 heavy (non-hydrogen) atoms. The fraction of sp³-hybridized carbons (Fsp3) is 0.120. The predicted molar refractivity (Wildman–Crippen MR) is 134 cm³/mol. The van der Waals surface area contributed by atoms with Gasteiger partial charge in [-0.05, 0) is 36.8 Å². The number of hydrazine groups is 1. The molecule has 4 aromatic rings. The van der Waals surface area contributed by atoms with Crippen LogP contribution in [-0.4, -0.2) is 27.7 Å². The van der Waals surface area contributed by atoms with Crippen molar-refractivity contribution in [3.8, 4) is 5.75 Å². The highest BCUT2D eigenvalue weighted by Gasteiger charge is 2.28. The summed E-state index contributed by atoms with van der Waals surface area (Å²) in [5, 5.41) is 14.3. The Labute approximate surface area is 202 Å². The lowest BCUT2D eigenvalue weighted by Crippen LogP contribution is -2.47. The van der Waals surface area contributed by atoms with Gasteiger partial charge in [-0.15, -0.1) is 0 Å². The number of rotatable bonds is 4. The van der Waals surface area contributed by atoms with E-state index < -0.39 is 17.2 Å². The van der Waals surface area contributed by atoms with Gasteiger partial charge >= 0.3 is 11.3 Å². The van der Waals surface area contributed by atoms with Gasteiger partial charge in [0, 0.05) is 34.9 Å². The van der Waals surface area contributed by atoms with Gasteiger partial charge in [0.25, 0.3) is 0 Å². The summed E-state index contributed by atoms with van der Waals surface area (Å²) in [5.74, 6) is -0.500. The van der Waals surface area contributed by atoms with Crippen molar-refractivity contribution < 1.29 is 18.7 Å². The summed E-state index contributed by atoms with van der Waals surface area (Å²) in [6.45, 7) is 2.36. The first-order valence-corrected chi connectivity index (χ1v) is 11.6. The number of aromatic hydroxyl groups is 1. The number of hydrogen-bond acceptors (Lipinski definition) is 8. The fourth-order valence-electron chi connectivity index (χ4n) is 3.79. The van der Waals surface area contributed by atoms with Crippen LogP contribution in [-0.2, 0) is 11.2 Å². The van der Waals surface area contributed by atoms with Crippen molar-refractivity contribution in [1.82, 2.24) is 10.4 Å². The molecular weight excluding hydrogens is 470 g/mol. The molecule has 0 aliphatic carbocycles. The minimum absolute atomic E-state index is 0.0625. The highest BCUT2D eigenvalue weighted by Crippen LogP contribution is 2.28. The molecule has 2 N–H and O–H groups in total. The first-order chi connectivity index (χ1) is 16.9. The van der Waals surface area contributed by atoms with E-state index >= 15 is 0 Å². The maximum Gasteiger partial charge on any atom is 0.345 e. The Morgan fingerprint density at radius 3 is 2.74 bits per heavy atom. The molecule has 1 amide bonds. The summed E-state index contributed by atoms with van der Waals surface area (Å²) in [5.41, 5.74) is 3.27. The zero-order valence-corrected chi connectivity index (χ0v) is 19.3. The number of phenolic OH excluding ortho intramolecular Hbond substituents is 1. The molecule has 1 aliphatic heterocycles. The van der Waals surface area contributed by atoms with Gasteiger partial charge in [0.15, 0.2) is 5.17 Å². The number of nitrogens with zero attached hydrogens (tertiary/aromatic N) is 2. The molecule has 0 saturated carbocycles. The number of fused-ring (bicyclic) bond motifs is 2. The zero-order valence-electron chi connectivity index (χ0n) is 18.5. The molecule has 5 rings (SSSR count). The van der Waals surface area contributed by atoms with Crippen LogP contribution in [0.25, 0.3) is 27.6 Å². The maximum atomic E-state index is 13.5. The van der Waals surface area contributed by atoms with E-state index in [9.17, 15) is 19.5 Å². The van der Waals surface area contributed by atoms with Crippen LogP contribution in [0.5, 0.6) is 5.75 Å². The smallest absolute Gasteiger partial charge is 0.345 e. The van der Waals surface area contributed by atoms with E-state index in [1.54, 1.807) is 29.7 Å². The summed E-state index contributed by atoms with van der Waals surface area (Å²) in [4.78, 5) is 42.8. The van der Waals surface area contributed by atoms with Crippen molar-refractivity contribution in [2.45, 2.75) is 13.3 Å². The first kappa shape index (κ1) is 22.5. The number of nitrogens with one attached hydrogen (secondary N) is 1. The van der Waals surface area contributed by atoms with Gasteiger partial charge in [-0.2, -0.15) is 0 Å². The number of carbonyl (C=O) groups excluding carboxylic acids is 1. The van der Waals surface area contributed by atoms with Gasteiger partial charge < -0.3 is 13.9 Å². The zero-order chi connectivity index (χ0) is 24.5. The van der Waals surface area contributed by atoms with Crippen molar-refractivity contribution in [3.05, 3.63) is 92.0 Å². The highest BCUT2D eigenvalue weighted by atomic mass is 32.2. The topological polar surface area (TPSA) is 125 Å². The van der Waals surface area contributed by atoms with E-state index in [-0.39, 0.29) is 23.3 Å². The minimum atomic E-state index is -0.646. The molecule has 0 fully saturated rings. The van der Waals surface area contributed by atoms with E-state index in [2.05, 4.69) is 10.4 Å². The van der Waals surface area contributed by atoms with Crippen molar-refractivity contribution in [1.29, 1.82) is 0 Å². The van der Waals surface area contributed by atoms with Crippen LogP contribution < -0.4 is 16.7 Å². The number of amidine groups is 1. The number of thioether (sulfide) groups is 1. The SMILES string of the molecule is CCN=C1NN(C(=O)Cc2cc(=O)oc3cc(O)ccc23)C(c2cc3ccccc3oc2=O)=CS1. The van der Waals surface area contributed by atoms with Gasteiger partial charge in [-0.3, -0.25) is 15.2 Å². The van der Waals surface area contributed by atoms with Crippen LogP contribution in [0.3, 0.4) is 0 Å². The van der Waals surface area contributed by atoms with Gasteiger partial charge in [0.05, 0.1) is 17.7 Å². The Kier molecular flexibility index (Phi) is 5.87. The molecule has 0 bridgehead atoms. The quantitative estimate of drug-likeness (QED) is 0.417. The molecule has 10 heteroatoms. The van der Waals surface area contributed by atoms with Crippen molar-refractivity contribution >= 4 is 50.5 Å². The van der Waals surface area contributed by atoms with E-state index in [0.717, 1.165) is 0 Å². The Morgan fingerprint density at radius 1 is 1.09 bits per heavy atom. The number of aliphatic imine (C=N–C) groups is 1. The maximum absolute atomic E-state index is 13.5. The normalized spacial score (nSPS) is 14.8. The summed E-state index contributed by atoms with van der Waals surface area (Å²) in [6, 6.07) is 14.4. The van der Waals surface area contributed by atoms with Crippen LogP contribution in [0.4, 0.5) is 0 Å². The number of carbonyl (C=O) groups is 1. The number of benzene rings is 2. The van der Waals surface area contributed by atoms with E-state index in [0.29, 0.717) is 39.3 Å². The van der Waals surface area contributed by atoms with Crippen molar-refractivity contribution in [2.24, 2.45) is 4.99 Å². The molecule has 0 saturated heterocycles. The van der Waals surface area contributed by atoms with Gasteiger partial charge in [-0.1, -0.05) is 30.0 Å². The monoisotopic (exact) mass is 489 g/mol. The van der Waals surface area contributed by atoms with Gasteiger partial charge in [0.2, 0.25) is 5.91 Å². The van der Waals surface area contributed by atoms with E-state index in [4.69, 9.17) is 8.83 Å². The van der Waals surface area contributed by atoms with Crippen LogP contribution >= 0.6 is 11.8 Å². The average molecular weight is 490 g/mol. The third kappa shape index (κ3) is 4.43. The van der Waals surface area contributed by atoms with Crippen molar-refractivity contribution in [3.63, 3.8) is 0 Å². The third-order valence-electron chi connectivity index (χ3n) is 5.35. The Hall–Kier alpha value is -4.31. The van der Waals surface area contributed by atoms with Crippen LogP contribution in [0, 0.1) is 0 Å². The molecular formula is C25H19N3O6S. The fourth-order valence-corrected chi connectivity index (χ4v) is 4.59. The molecule has 176 valence electrons. The predicted octanol–water partition coefficient (Wildman–Crippen LogP) is 3.60. The van der Waals surface area contributed by atoms with Crippen LogP contribution in [0.2, 0.25) is 0 Å². The second-order valence-corrected chi connectivity index (χ2v) is 8.53. The van der Waals surface area contributed by atoms with E-state index in [1.807, 2.05) is 19.1 Å². The Balaban J connectivity index is 1.57. The van der Waals surface area contributed by atoms with Crippen LogP contribution in [0.15, 0.2) is 83.4 Å². The van der Waals surface area contributed by atoms with Crippen molar-refractivity contribution in [2.75, 3.05) is 6.54 Å². The molecule has 2 aromatic heterocycles. The number of phenols is 1. The minimum Gasteiger partial charge on any atom is -0.508 e. The molecule has 3 heterocycles. The number of amides is 1. The summed E-state index contributed by atoms with van der Waals surface area (Å²) < 4.78 is 10.6. The second kappa shape index (κ2) is 9.15. The van der Waals surface area contributed by atoms with E-state index in [1.165, 1.54) is 35.0 Å². The largest absolute Gasteiger partial charge is 0.508 e. The summed E-state index contributed by atoms with van der Waals surface area (Å²) >= 11 is 1.25. The molecule has 9 nitrogen and oxygen atoms in total. The average Bonchev–Trinajstić information content (AvgIpc) is 2.83. The molecule has 2 aromatic carbocycles. The third-order valence-corrected chi connectivity index (χ3v) is 6.14. The summed E-state index contributed by atoms with van der Waals surface area (Å²) in [6.07, 6.45) is -0.180. The first-order valence-electron chi connectivity index (χ1n) is 10.7. The Bertz CT molecular complexity index is 1650. The standard InChI is InChI=1S/C25H19N3O6S/c1-2-26-25-27-28(19(13-35-25)18-9-14-5-3-4-6-20(14)34-24(18)32)22(30)10-15-11-23(31)33-21-12-16(29)7-8-17(15)21/h3-9,11-13,29H,2,10H2,1H3,(H,26,27). The second-order valence-electron chi connectivity index (χ2n) is 7.67. The Morgan fingerprint density at radius 2 is 1.91 bits per heavy atom. The molecule has 0 unspecified atom stereocenters. The van der Waals surface area contributed by atoms with Gasteiger partial charge in [0.1, 0.15) is 16.9 Å². The highest BCUT2D eigenvalue weighted by molar-refractivity contribution is 8.16. The number of para-hydroxylation sites is 1.